The van der Waals surface area contributed by atoms with Crippen molar-refractivity contribution in [3.8, 4) is 0 Å². The van der Waals surface area contributed by atoms with Crippen LogP contribution in [0.2, 0.25) is 0 Å². The number of hydrogen-bond donors (Lipinski definition) is 0. The highest BCUT2D eigenvalue weighted by Crippen LogP contribution is 1.99. The summed E-state index contributed by atoms with van der Waals surface area (Å²) in [7, 11) is 0. The van der Waals surface area contributed by atoms with Gasteiger partial charge in [0.2, 0.25) is 0 Å². The van der Waals surface area contributed by atoms with Crippen molar-refractivity contribution in [2.75, 3.05) is 0 Å². The SMILES string of the molecule is C=C(C)OC(=O)CC(=O)OC(=C)C. The predicted octanol–water partition coefficient (Wildman–Crippen LogP) is 1.53. The Hall–Kier alpha value is -1.58. The van der Waals surface area contributed by atoms with Crippen LogP contribution in [0.25, 0.3) is 0 Å². The first-order valence-corrected chi connectivity index (χ1v) is 3.64. The second kappa shape index (κ2) is 5.13. The summed E-state index contributed by atoms with van der Waals surface area (Å²) in [5.41, 5.74) is 0. The molecule has 0 spiro atoms. The maximum Gasteiger partial charge on any atom is 0.322 e. The quantitative estimate of drug-likeness (QED) is 0.377. The smallest absolute Gasteiger partial charge is 0.322 e. The Bertz CT molecular complexity index is 226. The zero-order valence-electron chi connectivity index (χ0n) is 7.75. The van der Waals surface area contributed by atoms with E-state index in [1.54, 1.807) is 0 Å². The van der Waals surface area contributed by atoms with E-state index in [9.17, 15) is 9.59 Å². The molecule has 0 unspecified atom stereocenters. The fourth-order valence-corrected chi connectivity index (χ4v) is 0.579. The van der Waals surface area contributed by atoms with E-state index in [0.717, 1.165) is 0 Å². The highest BCUT2D eigenvalue weighted by molar-refractivity contribution is 5.91. The summed E-state index contributed by atoms with van der Waals surface area (Å²) in [6.45, 7) is 9.73. The number of rotatable bonds is 4. The van der Waals surface area contributed by atoms with E-state index >= 15 is 0 Å². The van der Waals surface area contributed by atoms with Gasteiger partial charge in [0.25, 0.3) is 0 Å². The molecule has 0 N–H and O–H groups in total. The summed E-state index contributed by atoms with van der Waals surface area (Å²) in [5, 5.41) is 0. The minimum atomic E-state index is -0.682. The van der Waals surface area contributed by atoms with E-state index in [-0.39, 0.29) is 11.5 Å². The molecule has 0 heterocycles. The lowest BCUT2D eigenvalue weighted by Gasteiger charge is -2.03. The molecular weight excluding hydrogens is 172 g/mol. The molecule has 0 saturated heterocycles. The van der Waals surface area contributed by atoms with Gasteiger partial charge in [-0.25, -0.2) is 0 Å². The second-order valence-corrected chi connectivity index (χ2v) is 2.53. The topological polar surface area (TPSA) is 52.6 Å². The van der Waals surface area contributed by atoms with Crippen LogP contribution < -0.4 is 0 Å². The summed E-state index contributed by atoms with van der Waals surface area (Å²) in [6, 6.07) is 0. The first-order valence-electron chi connectivity index (χ1n) is 3.64. The lowest BCUT2D eigenvalue weighted by atomic mass is 10.4. The molecule has 0 amide bonds. The average Bonchev–Trinajstić information content (AvgIpc) is 1.80. The molecule has 72 valence electrons. The molecule has 0 aromatic carbocycles. The number of esters is 2. The van der Waals surface area contributed by atoms with Crippen molar-refractivity contribution in [2.45, 2.75) is 20.3 Å². The zero-order valence-corrected chi connectivity index (χ0v) is 7.75. The molecule has 4 heteroatoms. The van der Waals surface area contributed by atoms with Gasteiger partial charge in [-0.3, -0.25) is 9.59 Å². The van der Waals surface area contributed by atoms with Crippen molar-refractivity contribution >= 4 is 11.9 Å². The van der Waals surface area contributed by atoms with Crippen LogP contribution in [-0.2, 0) is 19.1 Å². The minimum absolute atomic E-state index is 0.244. The molecule has 0 radical (unpaired) electrons. The molecule has 0 aromatic heterocycles. The van der Waals surface area contributed by atoms with Crippen LogP contribution in [0.4, 0.5) is 0 Å². The lowest BCUT2D eigenvalue weighted by Crippen LogP contribution is -2.12. The first kappa shape index (κ1) is 11.4. The van der Waals surface area contributed by atoms with Crippen LogP contribution in [0.1, 0.15) is 20.3 Å². The Kier molecular flexibility index (Phi) is 4.51. The minimum Gasteiger partial charge on any atom is -0.432 e. The molecule has 0 aliphatic heterocycles. The molecule has 0 atom stereocenters. The summed E-state index contributed by atoms with van der Waals surface area (Å²) < 4.78 is 9.08. The zero-order chi connectivity index (χ0) is 10.4. The summed E-state index contributed by atoms with van der Waals surface area (Å²) in [5.74, 6) is -0.876. The molecule has 0 aromatic rings. The van der Waals surface area contributed by atoms with E-state index in [4.69, 9.17) is 0 Å². The van der Waals surface area contributed by atoms with Crippen molar-refractivity contribution < 1.29 is 19.1 Å². The highest BCUT2D eigenvalue weighted by Gasteiger charge is 2.12. The van der Waals surface area contributed by atoms with Gasteiger partial charge < -0.3 is 9.47 Å². The monoisotopic (exact) mass is 184 g/mol. The molecule has 0 aliphatic carbocycles. The normalized spacial score (nSPS) is 8.77. The Morgan fingerprint density at radius 1 is 1.00 bits per heavy atom. The maximum atomic E-state index is 10.8. The predicted molar refractivity (Wildman–Crippen MR) is 46.4 cm³/mol. The van der Waals surface area contributed by atoms with Crippen molar-refractivity contribution in [1.29, 1.82) is 0 Å². The highest BCUT2D eigenvalue weighted by atomic mass is 16.6. The third-order valence-electron chi connectivity index (χ3n) is 0.865. The van der Waals surface area contributed by atoms with E-state index in [1.165, 1.54) is 13.8 Å². The standard InChI is InChI=1S/C9H12O4/c1-6(2)12-8(10)5-9(11)13-7(3)4/h1,3,5H2,2,4H3. The Morgan fingerprint density at radius 2 is 1.31 bits per heavy atom. The van der Waals surface area contributed by atoms with Gasteiger partial charge in [-0.05, 0) is 13.8 Å². The van der Waals surface area contributed by atoms with Gasteiger partial charge in [-0.15, -0.1) is 0 Å². The molecule has 0 aliphatic rings. The van der Waals surface area contributed by atoms with Crippen LogP contribution in [0, 0.1) is 0 Å². The van der Waals surface area contributed by atoms with Gasteiger partial charge in [0.15, 0.2) is 0 Å². The molecule has 0 fully saturated rings. The van der Waals surface area contributed by atoms with E-state index in [2.05, 4.69) is 22.6 Å². The van der Waals surface area contributed by atoms with Crippen molar-refractivity contribution in [2.24, 2.45) is 0 Å². The summed E-state index contributed by atoms with van der Waals surface area (Å²) in [4.78, 5) is 21.7. The number of allylic oxidation sites excluding steroid dienone is 2. The Morgan fingerprint density at radius 3 is 1.54 bits per heavy atom. The second-order valence-electron chi connectivity index (χ2n) is 2.53. The van der Waals surface area contributed by atoms with Crippen LogP contribution >= 0.6 is 0 Å². The molecule has 13 heavy (non-hydrogen) atoms. The van der Waals surface area contributed by atoms with Crippen molar-refractivity contribution in [1.82, 2.24) is 0 Å². The number of carbonyl (C=O) groups excluding carboxylic acids is 2. The van der Waals surface area contributed by atoms with E-state index in [1.807, 2.05) is 0 Å². The van der Waals surface area contributed by atoms with Crippen LogP contribution in [0.5, 0.6) is 0 Å². The molecule has 0 saturated carbocycles. The van der Waals surface area contributed by atoms with Crippen LogP contribution in [0.15, 0.2) is 24.7 Å². The number of hydrogen-bond acceptors (Lipinski definition) is 4. The van der Waals surface area contributed by atoms with E-state index in [0.29, 0.717) is 0 Å². The summed E-state index contributed by atoms with van der Waals surface area (Å²) in [6.07, 6.45) is -0.431. The Labute approximate surface area is 76.8 Å². The van der Waals surface area contributed by atoms with Gasteiger partial charge >= 0.3 is 11.9 Å². The van der Waals surface area contributed by atoms with Gasteiger partial charge in [0, 0.05) is 0 Å². The largest absolute Gasteiger partial charge is 0.432 e. The Balaban J connectivity index is 3.85. The summed E-state index contributed by atoms with van der Waals surface area (Å²) >= 11 is 0. The van der Waals surface area contributed by atoms with Gasteiger partial charge in [0.1, 0.15) is 6.42 Å². The fourth-order valence-electron chi connectivity index (χ4n) is 0.579. The molecule has 4 nitrogen and oxygen atoms in total. The molecule has 0 bridgehead atoms. The number of carbonyl (C=O) groups is 2. The fraction of sp³-hybridized carbons (Fsp3) is 0.333. The van der Waals surface area contributed by atoms with Gasteiger partial charge in [0.05, 0.1) is 11.5 Å². The van der Waals surface area contributed by atoms with E-state index < -0.39 is 18.4 Å². The maximum absolute atomic E-state index is 10.8. The van der Waals surface area contributed by atoms with Gasteiger partial charge in [-0.2, -0.15) is 0 Å². The lowest BCUT2D eigenvalue weighted by molar-refractivity contribution is -0.149. The van der Waals surface area contributed by atoms with Crippen LogP contribution in [0.3, 0.4) is 0 Å². The molecular formula is C9H12O4. The third kappa shape index (κ3) is 6.80. The van der Waals surface area contributed by atoms with Crippen LogP contribution in [-0.4, -0.2) is 11.9 Å². The van der Waals surface area contributed by atoms with Gasteiger partial charge in [-0.1, -0.05) is 13.2 Å². The first-order chi connectivity index (χ1) is 5.91. The average molecular weight is 184 g/mol. The molecule has 0 rings (SSSR count). The third-order valence-corrected chi connectivity index (χ3v) is 0.865. The number of ether oxygens (including phenoxy) is 2. The van der Waals surface area contributed by atoms with Crippen molar-refractivity contribution in [3.05, 3.63) is 24.7 Å². The van der Waals surface area contributed by atoms with Crippen molar-refractivity contribution in [3.63, 3.8) is 0 Å².